The van der Waals surface area contributed by atoms with E-state index in [-0.39, 0.29) is 19.1 Å². The summed E-state index contributed by atoms with van der Waals surface area (Å²) in [5, 5.41) is 11.2. The molecule has 0 aromatic heterocycles. The van der Waals surface area contributed by atoms with E-state index in [9.17, 15) is 4.79 Å². The highest BCUT2D eigenvalue weighted by Gasteiger charge is 2.03. The average molecular weight is 295 g/mol. The molecule has 0 heterocycles. The summed E-state index contributed by atoms with van der Waals surface area (Å²) in [6, 6.07) is 5.39. The van der Waals surface area contributed by atoms with E-state index >= 15 is 0 Å². The van der Waals surface area contributed by atoms with Crippen molar-refractivity contribution in [1.82, 2.24) is 5.32 Å². The van der Waals surface area contributed by atoms with Gasteiger partial charge in [0.05, 0.1) is 34.0 Å². The molecule has 1 aromatic carbocycles. The van der Waals surface area contributed by atoms with Gasteiger partial charge in [-0.05, 0) is 23.8 Å². The van der Waals surface area contributed by atoms with Gasteiger partial charge in [-0.15, -0.1) is 0 Å². The van der Waals surface area contributed by atoms with E-state index in [2.05, 4.69) is 5.32 Å². The van der Waals surface area contributed by atoms with E-state index in [0.717, 1.165) is 5.56 Å². The van der Waals surface area contributed by atoms with Gasteiger partial charge in [0.2, 0.25) is 5.91 Å². The van der Waals surface area contributed by atoms with Crippen LogP contribution >= 0.6 is 0 Å². The minimum atomic E-state index is -0.211. The second-order valence-corrected chi connectivity index (χ2v) is 4.07. The first-order valence-electron chi connectivity index (χ1n) is 6.57. The van der Waals surface area contributed by atoms with Gasteiger partial charge in [0.1, 0.15) is 0 Å². The summed E-state index contributed by atoms with van der Waals surface area (Å²) < 4.78 is 15.4. The number of amides is 1. The zero-order chi connectivity index (χ0) is 15.5. The molecular weight excluding hydrogens is 274 g/mol. The first kappa shape index (κ1) is 17.0. The van der Waals surface area contributed by atoms with Crippen LogP contribution in [0.3, 0.4) is 0 Å². The molecular formula is C15H21NO5. The number of aliphatic hydroxyl groups is 1. The van der Waals surface area contributed by atoms with E-state index in [1.165, 1.54) is 6.08 Å². The second-order valence-electron chi connectivity index (χ2n) is 4.07. The van der Waals surface area contributed by atoms with Crippen LogP contribution in [0.15, 0.2) is 24.3 Å². The van der Waals surface area contributed by atoms with E-state index in [0.29, 0.717) is 24.7 Å². The minimum absolute atomic E-state index is 0.0207. The van der Waals surface area contributed by atoms with Gasteiger partial charge in [-0.1, -0.05) is 6.07 Å². The quantitative estimate of drug-likeness (QED) is 0.521. The molecule has 0 unspecified atom stereocenters. The second kappa shape index (κ2) is 9.79. The van der Waals surface area contributed by atoms with E-state index < -0.39 is 0 Å². The third kappa shape index (κ3) is 6.29. The maximum Gasteiger partial charge on any atom is 0.244 e. The van der Waals surface area contributed by atoms with Crippen LogP contribution in [0.25, 0.3) is 6.08 Å². The first-order chi connectivity index (χ1) is 10.2. The van der Waals surface area contributed by atoms with Crippen molar-refractivity contribution in [3.63, 3.8) is 0 Å². The van der Waals surface area contributed by atoms with Gasteiger partial charge in [0.25, 0.3) is 0 Å². The molecule has 1 rings (SSSR count). The maximum absolute atomic E-state index is 11.6. The Hall–Kier alpha value is -2.05. The SMILES string of the molecule is COc1ccc(/C=C/C(=O)NCCOCCO)cc1OC. The smallest absolute Gasteiger partial charge is 0.244 e. The molecule has 0 bridgehead atoms. The lowest BCUT2D eigenvalue weighted by Crippen LogP contribution is -2.25. The van der Waals surface area contributed by atoms with Crippen LogP contribution in [0.2, 0.25) is 0 Å². The predicted octanol–water partition coefficient (Wildman–Crippen LogP) is 0.842. The molecule has 0 aliphatic heterocycles. The summed E-state index contributed by atoms with van der Waals surface area (Å²) in [4.78, 5) is 11.6. The number of nitrogens with one attached hydrogen (secondary N) is 1. The van der Waals surface area contributed by atoms with Gasteiger partial charge in [-0.2, -0.15) is 0 Å². The fourth-order valence-corrected chi connectivity index (χ4v) is 1.60. The van der Waals surface area contributed by atoms with Gasteiger partial charge in [0.15, 0.2) is 11.5 Å². The Morgan fingerprint density at radius 1 is 1.24 bits per heavy atom. The van der Waals surface area contributed by atoms with Crippen molar-refractivity contribution < 1.29 is 24.1 Å². The number of hydrogen-bond donors (Lipinski definition) is 2. The highest BCUT2D eigenvalue weighted by molar-refractivity contribution is 5.91. The van der Waals surface area contributed by atoms with Crippen LogP contribution in [0.1, 0.15) is 5.56 Å². The molecule has 6 heteroatoms. The Labute approximate surface area is 124 Å². The molecule has 1 amide bonds. The summed E-state index contributed by atoms with van der Waals surface area (Å²) in [6.07, 6.45) is 3.12. The number of carbonyl (C=O) groups excluding carboxylic acids is 1. The van der Waals surface area contributed by atoms with Crippen LogP contribution in [0.4, 0.5) is 0 Å². The van der Waals surface area contributed by atoms with Crippen LogP contribution in [0.5, 0.6) is 11.5 Å². The summed E-state index contributed by atoms with van der Waals surface area (Å²) in [5.74, 6) is 1.04. The molecule has 0 aliphatic rings. The monoisotopic (exact) mass is 295 g/mol. The molecule has 0 saturated carbocycles. The van der Waals surface area contributed by atoms with Crippen molar-refractivity contribution in [3.05, 3.63) is 29.8 Å². The number of methoxy groups -OCH3 is 2. The van der Waals surface area contributed by atoms with E-state index in [1.54, 1.807) is 32.4 Å². The number of hydrogen-bond acceptors (Lipinski definition) is 5. The number of carbonyl (C=O) groups is 1. The Bertz CT molecular complexity index is 473. The normalized spacial score (nSPS) is 10.6. The van der Waals surface area contributed by atoms with Crippen molar-refractivity contribution >= 4 is 12.0 Å². The molecule has 0 spiro atoms. The third-order valence-electron chi connectivity index (χ3n) is 2.62. The van der Waals surface area contributed by atoms with Crippen molar-refractivity contribution in [2.75, 3.05) is 40.6 Å². The standard InChI is InChI=1S/C15H21NO5/c1-19-13-5-3-12(11-14(13)20-2)4-6-15(18)16-7-9-21-10-8-17/h3-6,11,17H,7-10H2,1-2H3,(H,16,18)/b6-4+. The zero-order valence-electron chi connectivity index (χ0n) is 12.3. The molecule has 0 aliphatic carbocycles. The third-order valence-corrected chi connectivity index (χ3v) is 2.62. The van der Waals surface area contributed by atoms with Crippen molar-refractivity contribution in [1.29, 1.82) is 0 Å². The van der Waals surface area contributed by atoms with Crippen molar-refractivity contribution in [2.24, 2.45) is 0 Å². The Morgan fingerprint density at radius 2 is 2.00 bits per heavy atom. The molecule has 2 N–H and O–H groups in total. The fraction of sp³-hybridized carbons (Fsp3) is 0.400. The summed E-state index contributed by atoms with van der Waals surface area (Å²) in [6.45, 7) is 1.02. The molecule has 0 saturated heterocycles. The van der Waals surface area contributed by atoms with Gasteiger partial charge in [0, 0.05) is 12.6 Å². The van der Waals surface area contributed by atoms with Gasteiger partial charge in [-0.3, -0.25) is 4.79 Å². The Kier molecular flexibility index (Phi) is 7.93. The van der Waals surface area contributed by atoms with E-state index in [4.69, 9.17) is 19.3 Å². The van der Waals surface area contributed by atoms with Gasteiger partial charge < -0.3 is 24.6 Å². The molecule has 0 fully saturated rings. The van der Waals surface area contributed by atoms with Crippen LogP contribution < -0.4 is 14.8 Å². The Balaban J connectivity index is 2.46. The number of aliphatic hydroxyl groups excluding tert-OH is 1. The summed E-state index contributed by atoms with van der Waals surface area (Å²) in [7, 11) is 3.13. The summed E-state index contributed by atoms with van der Waals surface area (Å²) in [5.41, 5.74) is 0.833. The maximum atomic E-state index is 11.6. The highest BCUT2D eigenvalue weighted by Crippen LogP contribution is 2.27. The molecule has 1 aromatic rings. The molecule has 21 heavy (non-hydrogen) atoms. The molecule has 6 nitrogen and oxygen atoms in total. The Morgan fingerprint density at radius 3 is 2.67 bits per heavy atom. The number of benzene rings is 1. The lowest BCUT2D eigenvalue weighted by Gasteiger charge is -2.07. The van der Waals surface area contributed by atoms with Crippen LogP contribution in [-0.4, -0.2) is 51.6 Å². The first-order valence-corrected chi connectivity index (χ1v) is 6.57. The highest BCUT2D eigenvalue weighted by atomic mass is 16.5. The minimum Gasteiger partial charge on any atom is -0.493 e. The van der Waals surface area contributed by atoms with Crippen molar-refractivity contribution in [2.45, 2.75) is 0 Å². The number of rotatable bonds is 9. The van der Waals surface area contributed by atoms with Crippen LogP contribution in [0, 0.1) is 0 Å². The zero-order valence-corrected chi connectivity index (χ0v) is 12.3. The average Bonchev–Trinajstić information content (AvgIpc) is 2.52. The lowest BCUT2D eigenvalue weighted by molar-refractivity contribution is -0.116. The number of ether oxygens (including phenoxy) is 3. The fourth-order valence-electron chi connectivity index (χ4n) is 1.60. The van der Waals surface area contributed by atoms with Gasteiger partial charge >= 0.3 is 0 Å². The van der Waals surface area contributed by atoms with Crippen LogP contribution in [-0.2, 0) is 9.53 Å². The predicted molar refractivity (Wildman–Crippen MR) is 79.5 cm³/mol. The van der Waals surface area contributed by atoms with E-state index in [1.807, 2.05) is 6.07 Å². The van der Waals surface area contributed by atoms with Gasteiger partial charge in [-0.25, -0.2) is 0 Å². The lowest BCUT2D eigenvalue weighted by atomic mass is 10.2. The summed E-state index contributed by atoms with van der Waals surface area (Å²) >= 11 is 0. The van der Waals surface area contributed by atoms with Crippen molar-refractivity contribution in [3.8, 4) is 11.5 Å². The molecule has 0 radical (unpaired) electrons. The topological polar surface area (TPSA) is 77.0 Å². The molecule has 0 atom stereocenters. The largest absolute Gasteiger partial charge is 0.493 e. The molecule has 116 valence electrons.